The maximum atomic E-state index is 11.9. The number of aromatic nitrogens is 2. The topological polar surface area (TPSA) is 76.5 Å². The van der Waals surface area contributed by atoms with Gasteiger partial charge in [0.2, 0.25) is 0 Å². The third-order valence-corrected chi connectivity index (χ3v) is 3.60. The summed E-state index contributed by atoms with van der Waals surface area (Å²) in [6.45, 7) is 0. The second-order valence-corrected chi connectivity index (χ2v) is 5.23. The third kappa shape index (κ3) is 3.49. The Morgan fingerprint density at radius 1 is 1.33 bits per heavy atom. The molecule has 6 nitrogen and oxygen atoms in total. The van der Waals surface area contributed by atoms with Crippen LogP contribution < -0.4 is 10.2 Å². The molecular formula is C17H13ClN4O2. The third-order valence-electron chi connectivity index (χ3n) is 3.30. The van der Waals surface area contributed by atoms with E-state index >= 15 is 0 Å². The minimum Gasteiger partial charge on any atom is -0.497 e. The molecule has 0 fully saturated rings. The molecule has 0 radical (unpaired) electrons. The lowest BCUT2D eigenvalue weighted by Gasteiger charge is -2.04. The highest BCUT2D eigenvalue weighted by molar-refractivity contribution is 6.32. The first-order valence-electron chi connectivity index (χ1n) is 7.05. The molecule has 0 aliphatic heterocycles. The van der Waals surface area contributed by atoms with E-state index < -0.39 is 0 Å². The summed E-state index contributed by atoms with van der Waals surface area (Å²) in [5.41, 5.74) is 4.16. The monoisotopic (exact) mass is 340 g/mol. The van der Waals surface area contributed by atoms with E-state index in [-0.39, 0.29) is 11.1 Å². The molecule has 0 aliphatic rings. The molecule has 0 spiro atoms. The molecule has 3 rings (SSSR count). The van der Waals surface area contributed by atoms with Crippen LogP contribution in [0, 0.1) is 0 Å². The molecule has 7 heteroatoms. The van der Waals surface area contributed by atoms with Gasteiger partial charge in [-0.05, 0) is 30.3 Å². The lowest BCUT2D eigenvalue weighted by atomic mass is 10.1. The predicted molar refractivity (Wildman–Crippen MR) is 92.6 cm³/mol. The number of ether oxygens (including phenoxy) is 1. The molecule has 2 aromatic heterocycles. The Morgan fingerprint density at radius 3 is 2.96 bits per heavy atom. The maximum Gasteiger partial charge on any atom is 0.272 e. The zero-order valence-corrected chi connectivity index (χ0v) is 13.5. The number of nitrogens with zero attached hydrogens (tertiary/aromatic N) is 3. The normalized spacial score (nSPS) is 10.9. The van der Waals surface area contributed by atoms with E-state index in [1.165, 1.54) is 12.4 Å². The van der Waals surface area contributed by atoms with Crippen LogP contribution >= 0.6 is 11.6 Å². The maximum absolute atomic E-state index is 11.9. The zero-order chi connectivity index (χ0) is 16.9. The van der Waals surface area contributed by atoms with Crippen LogP contribution in [0.3, 0.4) is 0 Å². The summed E-state index contributed by atoms with van der Waals surface area (Å²) >= 11 is 6.17. The second-order valence-electron chi connectivity index (χ2n) is 4.87. The first-order valence-corrected chi connectivity index (χ1v) is 7.43. The van der Waals surface area contributed by atoms with Crippen molar-refractivity contribution < 1.29 is 9.53 Å². The first kappa shape index (κ1) is 15.9. The van der Waals surface area contributed by atoms with Gasteiger partial charge in [-0.15, -0.1) is 0 Å². The van der Waals surface area contributed by atoms with Crippen LogP contribution in [0.5, 0.6) is 5.75 Å². The predicted octanol–water partition coefficient (Wildman–Crippen LogP) is 3.06. The highest BCUT2D eigenvalue weighted by Gasteiger charge is 2.06. The van der Waals surface area contributed by atoms with Crippen molar-refractivity contribution in [3.63, 3.8) is 0 Å². The van der Waals surface area contributed by atoms with Crippen LogP contribution in [0.4, 0.5) is 0 Å². The van der Waals surface area contributed by atoms with Crippen molar-refractivity contribution in [3.05, 3.63) is 65.1 Å². The van der Waals surface area contributed by atoms with Crippen LogP contribution in [0.1, 0.15) is 15.9 Å². The number of hydrazone groups is 1. The van der Waals surface area contributed by atoms with Gasteiger partial charge < -0.3 is 4.74 Å². The van der Waals surface area contributed by atoms with Crippen molar-refractivity contribution in [2.24, 2.45) is 5.10 Å². The lowest BCUT2D eigenvalue weighted by molar-refractivity contribution is 0.0955. The molecule has 0 aliphatic carbocycles. The largest absolute Gasteiger partial charge is 0.497 e. The van der Waals surface area contributed by atoms with Crippen molar-refractivity contribution >= 4 is 34.6 Å². The fourth-order valence-corrected chi connectivity index (χ4v) is 2.27. The smallest absolute Gasteiger partial charge is 0.272 e. The summed E-state index contributed by atoms with van der Waals surface area (Å²) in [7, 11) is 1.59. The SMILES string of the molecule is COc1ccc2cc(/C=N\NC(=O)c3cccnc3)c(Cl)nc2c1. The number of carbonyl (C=O) groups is 1. The van der Waals surface area contributed by atoms with Gasteiger partial charge in [0.25, 0.3) is 5.91 Å². The number of hydrogen-bond acceptors (Lipinski definition) is 5. The average Bonchev–Trinajstić information content (AvgIpc) is 2.62. The van der Waals surface area contributed by atoms with Crippen LogP contribution in [-0.2, 0) is 0 Å². The average molecular weight is 341 g/mol. The van der Waals surface area contributed by atoms with Crippen molar-refractivity contribution in [2.45, 2.75) is 0 Å². The highest BCUT2D eigenvalue weighted by Crippen LogP contribution is 2.23. The molecule has 0 saturated carbocycles. The molecule has 24 heavy (non-hydrogen) atoms. The van der Waals surface area contributed by atoms with E-state index in [1.807, 2.05) is 18.2 Å². The molecule has 0 atom stereocenters. The minimum atomic E-state index is -0.353. The van der Waals surface area contributed by atoms with E-state index in [0.717, 1.165) is 10.9 Å². The molecule has 0 saturated heterocycles. The molecule has 0 bridgehead atoms. The number of hydrogen-bond donors (Lipinski definition) is 1. The number of nitrogens with one attached hydrogen (secondary N) is 1. The van der Waals surface area contributed by atoms with Crippen LogP contribution in [0.25, 0.3) is 10.9 Å². The van der Waals surface area contributed by atoms with E-state index in [0.29, 0.717) is 16.9 Å². The molecule has 0 unspecified atom stereocenters. The summed E-state index contributed by atoms with van der Waals surface area (Å²) in [6.07, 6.45) is 4.51. The van der Waals surface area contributed by atoms with E-state index in [4.69, 9.17) is 16.3 Å². The Kier molecular flexibility index (Phi) is 4.67. The summed E-state index contributed by atoms with van der Waals surface area (Å²) in [5.74, 6) is 0.352. The lowest BCUT2D eigenvalue weighted by Crippen LogP contribution is -2.17. The quantitative estimate of drug-likeness (QED) is 0.450. The van der Waals surface area contributed by atoms with Gasteiger partial charge >= 0.3 is 0 Å². The molecule has 3 aromatic rings. The number of pyridine rings is 2. The fraction of sp³-hybridized carbons (Fsp3) is 0.0588. The first-order chi connectivity index (χ1) is 11.7. The molecule has 2 heterocycles. The van der Waals surface area contributed by atoms with Gasteiger partial charge in [0.05, 0.1) is 24.4 Å². The van der Waals surface area contributed by atoms with Crippen molar-refractivity contribution in [1.29, 1.82) is 0 Å². The highest BCUT2D eigenvalue weighted by atomic mass is 35.5. The van der Waals surface area contributed by atoms with Crippen LogP contribution in [-0.4, -0.2) is 29.2 Å². The molecule has 1 amide bonds. The van der Waals surface area contributed by atoms with Gasteiger partial charge in [-0.25, -0.2) is 10.4 Å². The molecule has 1 N–H and O–H groups in total. The Labute approximate surface area is 143 Å². The second kappa shape index (κ2) is 7.06. The Morgan fingerprint density at radius 2 is 2.21 bits per heavy atom. The van der Waals surface area contributed by atoms with E-state index in [2.05, 4.69) is 20.5 Å². The number of carbonyl (C=O) groups excluding carboxylic acids is 1. The van der Waals surface area contributed by atoms with Gasteiger partial charge in [-0.2, -0.15) is 5.10 Å². The van der Waals surface area contributed by atoms with E-state index in [1.54, 1.807) is 31.5 Å². The number of halogens is 1. The molecular weight excluding hydrogens is 328 g/mol. The van der Waals surface area contributed by atoms with Crippen molar-refractivity contribution in [1.82, 2.24) is 15.4 Å². The van der Waals surface area contributed by atoms with Gasteiger partial charge in [0.15, 0.2) is 0 Å². The zero-order valence-electron chi connectivity index (χ0n) is 12.7. The molecule has 1 aromatic carbocycles. The fourth-order valence-electron chi connectivity index (χ4n) is 2.08. The Hall–Kier alpha value is -2.99. The summed E-state index contributed by atoms with van der Waals surface area (Å²) < 4.78 is 5.16. The van der Waals surface area contributed by atoms with Crippen LogP contribution in [0.2, 0.25) is 5.15 Å². The summed E-state index contributed by atoms with van der Waals surface area (Å²) in [6, 6.07) is 10.7. The van der Waals surface area contributed by atoms with Crippen molar-refractivity contribution in [3.8, 4) is 5.75 Å². The minimum absolute atomic E-state index is 0.287. The number of rotatable bonds is 4. The van der Waals surface area contributed by atoms with Gasteiger partial charge in [0, 0.05) is 29.4 Å². The number of fused-ring (bicyclic) bond motifs is 1. The van der Waals surface area contributed by atoms with Gasteiger partial charge in [0.1, 0.15) is 10.9 Å². The Bertz CT molecular complexity index is 913. The van der Waals surface area contributed by atoms with Gasteiger partial charge in [-0.1, -0.05) is 11.6 Å². The van der Waals surface area contributed by atoms with E-state index in [9.17, 15) is 4.79 Å². The van der Waals surface area contributed by atoms with Gasteiger partial charge in [-0.3, -0.25) is 9.78 Å². The summed E-state index contributed by atoms with van der Waals surface area (Å²) in [5, 5.41) is 5.09. The number of benzene rings is 1. The molecule has 120 valence electrons. The van der Waals surface area contributed by atoms with Crippen LogP contribution in [0.15, 0.2) is 53.9 Å². The summed E-state index contributed by atoms with van der Waals surface area (Å²) in [4.78, 5) is 20.1. The standard InChI is InChI=1S/C17H13ClN4O2/c1-24-14-5-4-11-7-13(16(18)21-15(11)8-14)10-20-22-17(23)12-3-2-6-19-9-12/h2-10H,1H3,(H,22,23)/b20-10-. The Balaban J connectivity index is 1.79. The van der Waals surface area contributed by atoms with Crippen molar-refractivity contribution in [2.75, 3.05) is 7.11 Å². The number of amides is 1. The number of methoxy groups -OCH3 is 1.